The summed E-state index contributed by atoms with van der Waals surface area (Å²) in [5.41, 5.74) is 0. The standard InChI is InChI=1S/C65H100O6/c1-4-7-10-13-16-19-22-25-27-28-29-30-31-32-33-34-35-36-38-40-43-46-49-52-55-58-64(67)70-61-62(60-69-63(66)57-54-51-48-45-42-39-24-21-18-15-12-9-6-3)71-65(68)59-56-53-50-47-44-41-37-26-23-20-17-14-11-8-5-2/h7-8,10-12,15-17,19-21,24-27,29-30,32-33,35-37,44,47,53,56,62H,4-6,9,13-14,18,22-23,28,31,34,38-43,45-46,48-52,54-55,57-61H2,1-3H3/b10-7-,11-8-,15-12-,19-16-,20-17-,24-21-,27-25-,30-29-,33-32-,36-35-,37-26-,47-44-,56-53-. The zero-order valence-corrected chi connectivity index (χ0v) is 45.2. The van der Waals surface area contributed by atoms with Crippen LogP contribution >= 0.6 is 0 Å². The molecule has 0 spiro atoms. The van der Waals surface area contributed by atoms with Crippen LogP contribution in [-0.4, -0.2) is 37.2 Å². The summed E-state index contributed by atoms with van der Waals surface area (Å²) in [5, 5.41) is 0. The Labute approximate surface area is 435 Å². The van der Waals surface area contributed by atoms with Gasteiger partial charge in [0, 0.05) is 12.8 Å². The van der Waals surface area contributed by atoms with Gasteiger partial charge in [0.2, 0.25) is 0 Å². The first-order valence-electron chi connectivity index (χ1n) is 28.0. The summed E-state index contributed by atoms with van der Waals surface area (Å²) in [6.45, 7) is 6.21. The number of allylic oxidation sites excluding steroid dienone is 25. The van der Waals surface area contributed by atoms with Gasteiger partial charge in [-0.3, -0.25) is 14.4 Å². The predicted molar refractivity (Wildman–Crippen MR) is 306 cm³/mol. The maximum absolute atomic E-state index is 12.8. The molecule has 6 nitrogen and oxygen atoms in total. The first-order chi connectivity index (χ1) is 35.0. The molecule has 0 aliphatic carbocycles. The van der Waals surface area contributed by atoms with Gasteiger partial charge in [-0.1, -0.05) is 230 Å². The minimum absolute atomic E-state index is 0.0824. The maximum atomic E-state index is 12.8. The van der Waals surface area contributed by atoms with Crippen molar-refractivity contribution in [2.24, 2.45) is 0 Å². The minimum Gasteiger partial charge on any atom is -0.462 e. The second-order valence-corrected chi connectivity index (χ2v) is 17.7. The molecule has 0 radical (unpaired) electrons. The van der Waals surface area contributed by atoms with Crippen molar-refractivity contribution in [1.82, 2.24) is 0 Å². The molecule has 0 aromatic rings. The van der Waals surface area contributed by atoms with Gasteiger partial charge in [-0.2, -0.15) is 0 Å². The number of ether oxygens (including phenoxy) is 3. The van der Waals surface area contributed by atoms with Crippen LogP contribution in [0.15, 0.2) is 158 Å². The van der Waals surface area contributed by atoms with Crippen LogP contribution in [0.3, 0.4) is 0 Å². The fraction of sp³-hybridized carbons (Fsp3) is 0.554. The summed E-state index contributed by atoms with van der Waals surface area (Å²) in [6, 6.07) is 0. The molecule has 396 valence electrons. The van der Waals surface area contributed by atoms with Crippen molar-refractivity contribution in [3.05, 3.63) is 158 Å². The molecule has 0 aliphatic heterocycles. The second kappa shape index (κ2) is 57.6. The molecular formula is C65H100O6. The Kier molecular flexibility index (Phi) is 53.6. The lowest BCUT2D eigenvalue weighted by molar-refractivity contribution is -0.166. The molecule has 0 bridgehead atoms. The maximum Gasteiger partial charge on any atom is 0.310 e. The molecule has 0 aliphatic rings. The first kappa shape index (κ1) is 66.0. The van der Waals surface area contributed by atoms with Gasteiger partial charge in [0.05, 0.1) is 6.42 Å². The van der Waals surface area contributed by atoms with E-state index in [1.54, 1.807) is 6.08 Å². The van der Waals surface area contributed by atoms with E-state index in [4.69, 9.17) is 14.2 Å². The van der Waals surface area contributed by atoms with E-state index in [2.05, 4.69) is 167 Å². The number of unbranched alkanes of at least 4 members (excludes halogenated alkanes) is 12. The third-order valence-electron chi connectivity index (χ3n) is 11.0. The molecule has 1 unspecified atom stereocenters. The van der Waals surface area contributed by atoms with Crippen LogP contribution in [0.1, 0.15) is 213 Å². The quantitative estimate of drug-likeness (QED) is 0.0262. The number of carbonyl (C=O) groups excluding carboxylic acids is 3. The average molecular weight is 978 g/mol. The van der Waals surface area contributed by atoms with E-state index in [1.807, 2.05) is 6.08 Å². The van der Waals surface area contributed by atoms with Crippen LogP contribution in [0.2, 0.25) is 0 Å². The molecule has 0 heterocycles. The van der Waals surface area contributed by atoms with E-state index in [1.165, 1.54) is 19.3 Å². The Morgan fingerprint density at radius 2 is 0.592 bits per heavy atom. The lowest BCUT2D eigenvalue weighted by Gasteiger charge is -2.18. The molecule has 6 heteroatoms. The lowest BCUT2D eigenvalue weighted by Crippen LogP contribution is -2.30. The highest BCUT2D eigenvalue weighted by Crippen LogP contribution is 2.12. The van der Waals surface area contributed by atoms with Crippen LogP contribution in [-0.2, 0) is 28.6 Å². The summed E-state index contributed by atoms with van der Waals surface area (Å²) < 4.78 is 16.7. The van der Waals surface area contributed by atoms with Gasteiger partial charge in [-0.15, -0.1) is 0 Å². The van der Waals surface area contributed by atoms with Gasteiger partial charge in [0.25, 0.3) is 0 Å². The van der Waals surface area contributed by atoms with Gasteiger partial charge < -0.3 is 14.2 Å². The van der Waals surface area contributed by atoms with Crippen LogP contribution < -0.4 is 0 Å². The predicted octanol–water partition coefficient (Wildman–Crippen LogP) is 19.0. The van der Waals surface area contributed by atoms with E-state index >= 15 is 0 Å². The van der Waals surface area contributed by atoms with E-state index in [9.17, 15) is 14.4 Å². The zero-order chi connectivity index (χ0) is 51.4. The highest BCUT2D eigenvalue weighted by atomic mass is 16.6. The lowest BCUT2D eigenvalue weighted by atomic mass is 10.1. The van der Waals surface area contributed by atoms with Gasteiger partial charge in [0.1, 0.15) is 13.2 Å². The summed E-state index contributed by atoms with van der Waals surface area (Å²) in [7, 11) is 0. The molecule has 0 aromatic carbocycles. The van der Waals surface area contributed by atoms with Crippen molar-refractivity contribution in [3.8, 4) is 0 Å². The molecule has 0 saturated carbocycles. The molecule has 0 saturated heterocycles. The number of rotatable bonds is 48. The molecule has 0 aromatic heterocycles. The number of hydrogen-bond donors (Lipinski definition) is 0. The van der Waals surface area contributed by atoms with E-state index in [0.29, 0.717) is 19.3 Å². The van der Waals surface area contributed by atoms with E-state index in [-0.39, 0.29) is 31.6 Å². The third kappa shape index (κ3) is 55.8. The van der Waals surface area contributed by atoms with E-state index < -0.39 is 12.1 Å². The van der Waals surface area contributed by atoms with Crippen molar-refractivity contribution in [2.45, 2.75) is 219 Å². The number of carbonyl (C=O) groups is 3. The van der Waals surface area contributed by atoms with Crippen LogP contribution in [0, 0.1) is 0 Å². The topological polar surface area (TPSA) is 78.9 Å². The zero-order valence-electron chi connectivity index (χ0n) is 45.2. The minimum atomic E-state index is -0.852. The second-order valence-electron chi connectivity index (χ2n) is 17.7. The Hall–Kier alpha value is -4.97. The van der Waals surface area contributed by atoms with Gasteiger partial charge in [-0.25, -0.2) is 0 Å². The fourth-order valence-corrected chi connectivity index (χ4v) is 6.91. The van der Waals surface area contributed by atoms with Gasteiger partial charge in [-0.05, 0) is 122 Å². The summed E-state index contributed by atoms with van der Waals surface area (Å²) in [5.74, 6) is -1.11. The smallest absolute Gasteiger partial charge is 0.310 e. The average Bonchev–Trinajstić information content (AvgIpc) is 3.37. The molecule has 71 heavy (non-hydrogen) atoms. The van der Waals surface area contributed by atoms with Crippen molar-refractivity contribution >= 4 is 17.9 Å². The normalized spacial score (nSPS) is 13.3. The van der Waals surface area contributed by atoms with Crippen molar-refractivity contribution in [1.29, 1.82) is 0 Å². The van der Waals surface area contributed by atoms with Crippen LogP contribution in [0.25, 0.3) is 0 Å². The third-order valence-corrected chi connectivity index (χ3v) is 11.0. The summed E-state index contributed by atoms with van der Waals surface area (Å²) in [6.07, 6.45) is 84.0. The Morgan fingerprint density at radius 3 is 0.930 bits per heavy atom. The number of esters is 3. The van der Waals surface area contributed by atoms with Crippen molar-refractivity contribution < 1.29 is 28.6 Å². The van der Waals surface area contributed by atoms with E-state index in [0.717, 1.165) is 148 Å². The monoisotopic (exact) mass is 977 g/mol. The highest BCUT2D eigenvalue weighted by Gasteiger charge is 2.19. The van der Waals surface area contributed by atoms with Crippen molar-refractivity contribution in [2.75, 3.05) is 13.2 Å². The van der Waals surface area contributed by atoms with Crippen LogP contribution in [0.5, 0.6) is 0 Å². The molecule has 1 atom stereocenters. The first-order valence-corrected chi connectivity index (χ1v) is 28.0. The molecule has 0 fully saturated rings. The highest BCUT2D eigenvalue weighted by molar-refractivity contribution is 5.72. The van der Waals surface area contributed by atoms with Gasteiger partial charge >= 0.3 is 17.9 Å². The fourth-order valence-electron chi connectivity index (χ4n) is 6.91. The van der Waals surface area contributed by atoms with Crippen LogP contribution in [0.4, 0.5) is 0 Å². The Morgan fingerprint density at radius 1 is 0.310 bits per heavy atom. The molecule has 0 amide bonds. The molecule has 0 N–H and O–H groups in total. The molecular weight excluding hydrogens is 877 g/mol. The molecule has 0 rings (SSSR count). The largest absolute Gasteiger partial charge is 0.462 e. The van der Waals surface area contributed by atoms with Gasteiger partial charge in [0.15, 0.2) is 6.10 Å². The SMILES string of the molecule is CC/C=C\C/C=C\C/C=C\C/C=C\C/C=C\C/C=C\CCCCCCCCC(=O)OCC(COC(=O)CCCCCCC/C=C\C/C=C\CCC)OC(=O)C/C=C\C/C=C\C/C=C\C/C=C\C/C=C\CC. The summed E-state index contributed by atoms with van der Waals surface area (Å²) in [4.78, 5) is 38.0. The number of hydrogen-bond acceptors (Lipinski definition) is 6. The van der Waals surface area contributed by atoms with Crippen molar-refractivity contribution in [3.63, 3.8) is 0 Å². The Bertz CT molecular complexity index is 1640. The Balaban J connectivity index is 4.50. The summed E-state index contributed by atoms with van der Waals surface area (Å²) >= 11 is 0.